The van der Waals surface area contributed by atoms with Gasteiger partial charge in [-0.25, -0.2) is 13.1 Å². The van der Waals surface area contributed by atoms with Crippen molar-refractivity contribution in [1.82, 2.24) is 14.9 Å². The van der Waals surface area contributed by atoms with Gasteiger partial charge in [0.05, 0.1) is 6.42 Å². The van der Waals surface area contributed by atoms with Gasteiger partial charge in [-0.05, 0) is 6.92 Å². The van der Waals surface area contributed by atoms with Crippen LogP contribution in [0.2, 0.25) is 0 Å². The molecule has 0 saturated heterocycles. The minimum Gasteiger partial charge on any atom is -0.326 e. The van der Waals surface area contributed by atoms with E-state index in [0.29, 0.717) is 5.69 Å². The molecule has 1 aromatic heterocycles. The molecule has 0 saturated carbocycles. The van der Waals surface area contributed by atoms with Crippen molar-refractivity contribution in [3.63, 3.8) is 0 Å². The first-order valence-corrected chi connectivity index (χ1v) is 6.46. The number of nitrogens with two attached hydrogens (primary N) is 1. The van der Waals surface area contributed by atoms with Crippen LogP contribution in [0.15, 0.2) is 5.03 Å². The summed E-state index contributed by atoms with van der Waals surface area (Å²) in [6, 6.07) is 0. The van der Waals surface area contributed by atoms with Gasteiger partial charge in [0.2, 0.25) is 0 Å². The van der Waals surface area contributed by atoms with E-state index in [4.69, 9.17) is 5.73 Å². The molecular formula is C8H13F3N4O2S. The Morgan fingerprint density at radius 2 is 2.06 bits per heavy atom. The number of hydrogen-bond donors (Lipinski definition) is 3. The van der Waals surface area contributed by atoms with E-state index in [9.17, 15) is 21.6 Å². The monoisotopic (exact) mass is 286 g/mol. The average molecular weight is 286 g/mol. The molecule has 6 nitrogen and oxygen atoms in total. The van der Waals surface area contributed by atoms with Crippen molar-refractivity contribution in [3.8, 4) is 0 Å². The van der Waals surface area contributed by atoms with Crippen LogP contribution in [0.1, 0.15) is 17.7 Å². The second kappa shape index (κ2) is 5.24. The predicted octanol–water partition coefficient (Wildman–Crippen LogP) is 0.408. The van der Waals surface area contributed by atoms with E-state index >= 15 is 0 Å². The van der Waals surface area contributed by atoms with Crippen molar-refractivity contribution >= 4 is 10.0 Å². The minimum atomic E-state index is -4.42. The van der Waals surface area contributed by atoms with Crippen LogP contribution >= 0.6 is 0 Å². The van der Waals surface area contributed by atoms with E-state index < -0.39 is 29.2 Å². The first kappa shape index (κ1) is 14.9. The SMILES string of the molecule is Cc1[nH]nc(S(=O)(=O)NCCC(F)(F)F)c1CN. The van der Waals surface area contributed by atoms with Gasteiger partial charge < -0.3 is 5.73 Å². The normalized spacial score (nSPS) is 12.9. The molecule has 0 unspecified atom stereocenters. The van der Waals surface area contributed by atoms with Crippen molar-refractivity contribution in [1.29, 1.82) is 0 Å². The lowest BCUT2D eigenvalue weighted by molar-refractivity contribution is -0.132. The van der Waals surface area contributed by atoms with Gasteiger partial charge in [0.25, 0.3) is 10.0 Å². The Bertz CT molecular complexity index is 509. The first-order valence-electron chi connectivity index (χ1n) is 4.97. The van der Waals surface area contributed by atoms with Gasteiger partial charge in [-0.2, -0.15) is 18.3 Å². The molecule has 0 aromatic carbocycles. The number of aromatic amines is 1. The summed E-state index contributed by atoms with van der Waals surface area (Å²) < 4.78 is 60.9. The van der Waals surface area contributed by atoms with Crippen molar-refractivity contribution in [3.05, 3.63) is 11.3 Å². The number of H-pyrrole nitrogens is 1. The smallest absolute Gasteiger partial charge is 0.326 e. The van der Waals surface area contributed by atoms with Crippen LogP contribution in [0.25, 0.3) is 0 Å². The molecule has 0 radical (unpaired) electrons. The summed E-state index contributed by atoms with van der Waals surface area (Å²) in [4.78, 5) is 0. The molecule has 104 valence electrons. The zero-order chi connectivity index (χ0) is 14.0. The Hall–Kier alpha value is -1.13. The summed E-state index contributed by atoms with van der Waals surface area (Å²) in [5.41, 5.74) is 6.08. The van der Waals surface area contributed by atoms with Gasteiger partial charge in [0, 0.05) is 24.3 Å². The molecule has 10 heteroatoms. The maximum absolute atomic E-state index is 11.9. The molecule has 0 amide bonds. The Kier molecular flexibility index (Phi) is 4.35. The van der Waals surface area contributed by atoms with Crippen LogP contribution in [0.4, 0.5) is 13.2 Å². The number of rotatable bonds is 5. The van der Waals surface area contributed by atoms with E-state index in [1.54, 1.807) is 6.92 Å². The summed E-state index contributed by atoms with van der Waals surface area (Å²) in [6.07, 6.45) is -5.66. The standard InChI is InChI=1S/C8H13F3N4O2S/c1-5-6(4-12)7(15-14-5)18(16,17)13-3-2-8(9,10)11/h13H,2-4,12H2,1H3,(H,14,15). The second-order valence-electron chi connectivity index (χ2n) is 3.60. The molecule has 0 aliphatic carbocycles. The Balaban J connectivity index is 2.81. The van der Waals surface area contributed by atoms with Crippen molar-refractivity contribution < 1.29 is 21.6 Å². The topological polar surface area (TPSA) is 101 Å². The lowest BCUT2D eigenvalue weighted by Gasteiger charge is -2.08. The van der Waals surface area contributed by atoms with Crippen LogP contribution in [0, 0.1) is 6.92 Å². The number of halogens is 3. The highest BCUT2D eigenvalue weighted by Gasteiger charge is 2.29. The third-order valence-electron chi connectivity index (χ3n) is 2.20. The van der Waals surface area contributed by atoms with E-state index in [1.165, 1.54) is 0 Å². The highest BCUT2D eigenvalue weighted by molar-refractivity contribution is 7.89. The van der Waals surface area contributed by atoms with Gasteiger partial charge in [-0.1, -0.05) is 0 Å². The lowest BCUT2D eigenvalue weighted by atomic mass is 10.3. The van der Waals surface area contributed by atoms with Gasteiger partial charge in [0.15, 0.2) is 5.03 Å². The molecule has 1 heterocycles. The second-order valence-corrected chi connectivity index (χ2v) is 5.28. The van der Waals surface area contributed by atoms with E-state index in [-0.39, 0.29) is 17.1 Å². The summed E-state index contributed by atoms with van der Waals surface area (Å²) in [6.45, 7) is 0.767. The summed E-state index contributed by atoms with van der Waals surface area (Å²) in [7, 11) is -4.08. The highest BCUT2D eigenvalue weighted by Crippen LogP contribution is 2.19. The maximum Gasteiger partial charge on any atom is 0.390 e. The van der Waals surface area contributed by atoms with Crippen molar-refractivity contribution in [2.75, 3.05) is 6.54 Å². The summed E-state index contributed by atoms with van der Waals surface area (Å²) >= 11 is 0. The molecule has 0 atom stereocenters. The predicted molar refractivity (Wildman–Crippen MR) is 57.1 cm³/mol. The number of aromatic nitrogens is 2. The van der Waals surface area contributed by atoms with Gasteiger partial charge in [0.1, 0.15) is 0 Å². The van der Waals surface area contributed by atoms with Crippen LogP contribution in [0.5, 0.6) is 0 Å². The third kappa shape index (κ3) is 3.68. The average Bonchev–Trinajstić information content (AvgIpc) is 2.57. The van der Waals surface area contributed by atoms with E-state index in [1.807, 2.05) is 4.72 Å². The highest BCUT2D eigenvalue weighted by atomic mass is 32.2. The maximum atomic E-state index is 11.9. The Labute approximate surface area is 102 Å². The fourth-order valence-corrected chi connectivity index (χ4v) is 2.52. The van der Waals surface area contributed by atoms with Gasteiger partial charge >= 0.3 is 6.18 Å². The van der Waals surface area contributed by atoms with Crippen LogP contribution in [-0.2, 0) is 16.6 Å². The van der Waals surface area contributed by atoms with Crippen LogP contribution < -0.4 is 10.5 Å². The van der Waals surface area contributed by atoms with Crippen LogP contribution in [0.3, 0.4) is 0 Å². The van der Waals surface area contributed by atoms with Gasteiger partial charge in [-0.3, -0.25) is 5.10 Å². The molecule has 1 rings (SSSR count). The Morgan fingerprint density at radius 1 is 1.44 bits per heavy atom. The number of nitrogens with zero attached hydrogens (tertiary/aromatic N) is 1. The largest absolute Gasteiger partial charge is 0.390 e. The lowest BCUT2D eigenvalue weighted by Crippen LogP contribution is -2.29. The molecule has 1 aromatic rings. The minimum absolute atomic E-state index is 0.0716. The molecule has 4 N–H and O–H groups in total. The molecule has 0 aliphatic rings. The number of hydrogen-bond acceptors (Lipinski definition) is 4. The molecular weight excluding hydrogens is 273 g/mol. The molecule has 0 fully saturated rings. The molecule has 0 bridgehead atoms. The molecule has 0 spiro atoms. The number of sulfonamides is 1. The summed E-state index contributed by atoms with van der Waals surface area (Å²) in [5, 5.41) is 5.61. The van der Waals surface area contributed by atoms with E-state index in [0.717, 1.165) is 0 Å². The molecule has 18 heavy (non-hydrogen) atoms. The summed E-state index contributed by atoms with van der Waals surface area (Å²) in [5.74, 6) is 0. The zero-order valence-electron chi connectivity index (χ0n) is 9.50. The van der Waals surface area contributed by atoms with Crippen molar-refractivity contribution in [2.24, 2.45) is 5.73 Å². The number of nitrogens with one attached hydrogen (secondary N) is 2. The fraction of sp³-hybridized carbons (Fsp3) is 0.625. The quantitative estimate of drug-likeness (QED) is 0.729. The van der Waals surface area contributed by atoms with Gasteiger partial charge in [-0.15, -0.1) is 0 Å². The van der Waals surface area contributed by atoms with E-state index in [2.05, 4.69) is 10.2 Å². The number of alkyl halides is 3. The number of aryl methyl sites for hydroxylation is 1. The first-order chi connectivity index (χ1) is 8.17. The third-order valence-corrected chi connectivity index (χ3v) is 3.63. The Morgan fingerprint density at radius 3 is 2.56 bits per heavy atom. The van der Waals surface area contributed by atoms with Crippen LogP contribution in [-0.4, -0.2) is 31.3 Å². The fourth-order valence-electron chi connectivity index (χ4n) is 1.29. The molecule has 0 aliphatic heterocycles. The zero-order valence-corrected chi connectivity index (χ0v) is 10.3. The van der Waals surface area contributed by atoms with Crippen molar-refractivity contribution in [2.45, 2.75) is 31.1 Å².